The second kappa shape index (κ2) is 11.9. The Bertz CT molecular complexity index is 1770. The maximum absolute atomic E-state index is 9.42. The van der Waals surface area contributed by atoms with Crippen molar-refractivity contribution < 1.29 is 0 Å². The van der Waals surface area contributed by atoms with Crippen molar-refractivity contribution in [3.63, 3.8) is 0 Å². The molecule has 5 rings (SSSR count). The molecule has 0 spiro atoms. The molecule has 0 amide bonds. The molecule has 0 fully saturated rings. The van der Waals surface area contributed by atoms with Crippen molar-refractivity contribution in [1.82, 2.24) is 19.9 Å². The molecule has 0 aromatic carbocycles. The lowest BCUT2D eigenvalue weighted by atomic mass is 9.98. The third-order valence-electron chi connectivity index (χ3n) is 8.91. The highest BCUT2D eigenvalue weighted by Crippen LogP contribution is 2.38. The van der Waals surface area contributed by atoms with Crippen LogP contribution in [0, 0.1) is 11.3 Å². The van der Waals surface area contributed by atoms with Gasteiger partial charge < -0.3 is 9.97 Å². The number of nitrogens with zero attached hydrogens (tertiary/aromatic N) is 3. The van der Waals surface area contributed by atoms with E-state index in [2.05, 4.69) is 88.8 Å². The third kappa shape index (κ3) is 4.95. The van der Waals surface area contributed by atoms with Crippen LogP contribution in [0.2, 0.25) is 0 Å². The van der Waals surface area contributed by atoms with Crippen molar-refractivity contribution in [3.05, 3.63) is 69.3 Å². The number of rotatable bonds is 8. The number of fused-ring (bicyclic) bond motifs is 8. The first-order valence-corrected chi connectivity index (χ1v) is 15.5. The summed E-state index contributed by atoms with van der Waals surface area (Å²) >= 11 is 0. The van der Waals surface area contributed by atoms with Crippen LogP contribution in [0.25, 0.3) is 44.4 Å². The van der Waals surface area contributed by atoms with Crippen molar-refractivity contribution >= 4 is 44.4 Å². The molecular formula is C36H43N5. The smallest absolute Gasteiger partial charge is 0.0694 e. The minimum atomic E-state index is 0.472. The zero-order valence-corrected chi connectivity index (χ0v) is 25.8. The van der Waals surface area contributed by atoms with E-state index >= 15 is 0 Å². The lowest BCUT2D eigenvalue weighted by Crippen LogP contribution is -1.87. The van der Waals surface area contributed by atoms with E-state index in [1.807, 2.05) is 0 Å². The van der Waals surface area contributed by atoms with E-state index in [4.69, 9.17) is 9.97 Å². The molecule has 0 saturated heterocycles. The Morgan fingerprint density at radius 3 is 1.41 bits per heavy atom. The van der Waals surface area contributed by atoms with Crippen LogP contribution in [0.5, 0.6) is 0 Å². The molecule has 0 atom stereocenters. The number of hydrogen-bond donors (Lipinski definition) is 2. The molecule has 0 radical (unpaired) electrons. The monoisotopic (exact) mass is 545 g/mol. The normalized spacial score (nSPS) is 13.3. The number of nitrogens with one attached hydrogen (secondary N) is 2. The average Bonchev–Trinajstić information content (AvgIpc) is 3.67. The van der Waals surface area contributed by atoms with E-state index in [1.54, 1.807) is 0 Å². The molecule has 212 valence electrons. The van der Waals surface area contributed by atoms with Gasteiger partial charge in [0.2, 0.25) is 0 Å². The van der Waals surface area contributed by atoms with Gasteiger partial charge in [0.05, 0.1) is 28.8 Å². The summed E-state index contributed by atoms with van der Waals surface area (Å²) in [5.41, 5.74) is 19.0. The molecule has 41 heavy (non-hydrogen) atoms. The van der Waals surface area contributed by atoms with Crippen LogP contribution >= 0.6 is 0 Å². The Kier molecular flexibility index (Phi) is 8.31. The maximum Gasteiger partial charge on any atom is 0.0694 e. The second-order valence-electron chi connectivity index (χ2n) is 11.0. The van der Waals surface area contributed by atoms with Gasteiger partial charge in [0.1, 0.15) is 0 Å². The highest BCUT2D eigenvalue weighted by molar-refractivity contribution is 5.96. The molecular weight excluding hydrogens is 502 g/mol. The van der Waals surface area contributed by atoms with E-state index in [0.29, 0.717) is 12.8 Å². The van der Waals surface area contributed by atoms with Gasteiger partial charge in [-0.3, -0.25) is 0 Å². The summed E-state index contributed by atoms with van der Waals surface area (Å²) in [6.07, 6.45) is 6.85. The summed E-state index contributed by atoms with van der Waals surface area (Å²) in [5.74, 6) is 0. The van der Waals surface area contributed by atoms with Gasteiger partial charge in [0, 0.05) is 28.5 Å². The van der Waals surface area contributed by atoms with Gasteiger partial charge >= 0.3 is 0 Å². The number of allylic oxidation sites excluding steroid dienone is 4. The maximum atomic E-state index is 9.42. The van der Waals surface area contributed by atoms with Gasteiger partial charge in [-0.2, -0.15) is 5.26 Å². The van der Waals surface area contributed by atoms with E-state index in [1.165, 1.54) is 44.4 Å². The Hall–Kier alpha value is -3.91. The topological polar surface area (TPSA) is 81.2 Å². The summed E-state index contributed by atoms with van der Waals surface area (Å²) in [5, 5.41) is 9.42. The molecule has 2 aliphatic heterocycles. The summed E-state index contributed by atoms with van der Waals surface area (Å²) < 4.78 is 0. The van der Waals surface area contributed by atoms with E-state index in [-0.39, 0.29) is 0 Å². The molecule has 5 heteroatoms. The minimum absolute atomic E-state index is 0.472. The largest absolute Gasteiger partial charge is 0.355 e. The number of H-pyrrole nitrogens is 2. The molecule has 2 aliphatic rings. The molecule has 5 nitrogen and oxygen atoms in total. The lowest BCUT2D eigenvalue weighted by Gasteiger charge is -2.03. The molecule has 0 saturated carbocycles. The number of nitriles is 1. The first kappa shape index (κ1) is 28.6. The molecule has 2 N–H and O–H groups in total. The Morgan fingerprint density at radius 1 is 0.561 bits per heavy atom. The van der Waals surface area contributed by atoms with Crippen LogP contribution in [0.4, 0.5) is 0 Å². The van der Waals surface area contributed by atoms with Crippen molar-refractivity contribution in [3.8, 4) is 6.07 Å². The van der Waals surface area contributed by atoms with Crippen LogP contribution in [0.1, 0.15) is 119 Å². The van der Waals surface area contributed by atoms with Gasteiger partial charge in [0.15, 0.2) is 0 Å². The molecule has 0 aliphatic carbocycles. The predicted octanol–water partition coefficient (Wildman–Crippen LogP) is 9.53. The summed E-state index contributed by atoms with van der Waals surface area (Å²) in [6.45, 7) is 15.6. The van der Waals surface area contributed by atoms with Crippen LogP contribution < -0.4 is 0 Å². The molecule has 3 aromatic rings. The SMILES string of the molecule is CCC1=C(CC)c2cc3[nH]c(cc4[nH]c(cc5nc(cc1n2)C(C)=C5CCC#N)c(CC)c4CC)c(CC)c3CC. The summed E-state index contributed by atoms with van der Waals surface area (Å²) in [7, 11) is 0. The fourth-order valence-corrected chi connectivity index (χ4v) is 6.88. The molecule has 5 heterocycles. The van der Waals surface area contributed by atoms with Crippen molar-refractivity contribution in [2.45, 2.75) is 99.8 Å². The Balaban J connectivity index is 2.00. The van der Waals surface area contributed by atoms with Crippen LogP contribution in [-0.2, 0) is 25.7 Å². The summed E-state index contributed by atoms with van der Waals surface area (Å²) in [6, 6.07) is 11.3. The predicted molar refractivity (Wildman–Crippen MR) is 173 cm³/mol. The van der Waals surface area contributed by atoms with Gasteiger partial charge in [-0.05, 0) is 121 Å². The van der Waals surface area contributed by atoms with Crippen LogP contribution in [0.15, 0.2) is 24.3 Å². The highest BCUT2D eigenvalue weighted by atomic mass is 14.8. The number of hydrogen-bond acceptors (Lipinski definition) is 3. The van der Waals surface area contributed by atoms with Crippen molar-refractivity contribution in [1.29, 1.82) is 5.26 Å². The van der Waals surface area contributed by atoms with Gasteiger partial charge in [-0.1, -0.05) is 41.5 Å². The minimum Gasteiger partial charge on any atom is -0.355 e. The van der Waals surface area contributed by atoms with Crippen LogP contribution in [0.3, 0.4) is 0 Å². The molecule has 3 aromatic heterocycles. The average molecular weight is 546 g/mol. The van der Waals surface area contributed by atoms with Gasteiger partial charge in [0.25, 0.3) is 0 Å². The quantitative estimate of drug-likeness (QED) is 0.296. The number of aromatic nitrogens is 4. The lowest BCUT2D eigenvalue weighted by molar-refractivity contribution is 1.07. The zero-order valence-electron chi connectivity index (χ0n) is 25.8. The van der Waals surface area contributed by atoms with E-state index in [0.717, 1.165) is 83.5 Å². The zero-order chi connectivity index (χ0) is 29.3. The first-order valence-electron chi connectivity index (χ1n) is 15.5. The number of aromatic amines is 2. The fourth-order valence-electron chi connectivity index (χ4n) is 6.88. The standard InChI is InChI=1S/C36H43N5/c1-8-22-23(9-2)31-18-32-24(10-3)25(11-4)33(40-32)19-34-26(12-5)27(13-6)35(41-34)20-36-28(15-14-16-37)21(7)29(38-36)17-30(22)39-31/h17-20,40-41H,8-15H2,1-7H3. The molecule has 0 unspecified atom stereocenters. The Morgan fingerprint density at radius 2 is 0.976 bits per heavy atom. The van der Waals surface area contributed by atoms with Gasteiger partial charge in [-0.25, -0.2) is 9.97 Å². The Labute approximate surface area is 244 Å². The fraction of sp³-hybridized carbons (Fsp3) is 0.417. The number of aryl methyl sites for hydroxylation is 4. The highest BCUT2D eigenvalue weighted by Gasteiger charge is 2.22. The summed E-state index contributed by atoms with van der Waals surface area (Å²) in [4.78, 5) is 18.0. The molecule has 8 bridgehead atoms. The van der Waals surface area contributed by atoms with Crippen molar-refractivity contribution in [2.24, 2.45) is 0 Å². The van der Waals surface area contributed by atoms with E-state index in [9.17, 15) is 5.26 Å². The van der Waals surface area contributed by atoms with E-state index < -0.39 is 0 Å². The third-order valence-corrected chi connectivity index (χ3v) is 8.91. The van der Waals surface area contributed by atoms with Crippen LogP contribution in [-0.4, -0.2) is 19.9 Å². The second-order valence-corrected chi connectivity index (χ2v) is 11.0. The first-order chi connectivity index (χ1) is 19.9. The van der Waals surface area contributed by atoms with Crippen molar-refractivity contribution in [2.75, 3.05) is 0 Å². The van der Waals surface area contributed by atoms with Gasteiger partial charge in [-0.15, -0.1) is 0 Å².